The molecule has 1 N–H and O–H groups in total. The summed E-state index contributed by atoms with van der Waals surface area (Å²) in [5.41, 5.74) is 1.01. The van der Waals surface area contributed by atoms with Gasteiger partial charge in [-0.15, -0.1) is 0 Å². The number of ketones is 1. The van der Waals surface area contributed by atoms with Crippen LogP contribution >= 0.6 is 0 Å². The van der Waals surface area contributed by atoms with Crippen molar-refractivity contribution in [1.82, 2.24) is 0 Å². The molecule has 0 aliphatic carbocycles. The maximum absolute atomic E-state index is 12.8. The summed E-state index contributed by atoms with van der Waals surface area (Å²) in [6.45, 7) is 0. The molecule has 0 amide bonds. The fraction of sp³-hybridized carbons (Fsp3) is 0.188. The van der Waals surface area contributed by atoms with Gasteiger partial charge in [0.15, 0.2) is 5.78 Å². The van der Waals surface area contributed by atoms with Crippen LogP contribution in [0.4, 0.5) is 18.9 Å². The highest BCUT2D eigenvalue weighted by atomic mass is 19.4. The first kappa shape index (κ1) is 13.7. The second kappa shape index (κ2) is 4.91. The van der Waals surface area contributed by atoms with Crippen LogP contribution in [0.1, 0.15) is 33.9 Å². The molecule has 108 valence electrons. The van der Waals surface area contributed by atoms with Crippen LogP contribution in [0.3, 0.4) is 0 Å². The quantitative estimate of drug-likeness (QED) is 0.841. The molecule has 2 aromatic carbocycles. The first-order valence-electron chi connectivity index (χ1n) is 6.51. The van der Waals surface area contributed by atoms with Crippen molar-refractivity contribution in [2.75, 3.05) is 5.32 Å². The minimum Gasteiger partial charge on any atom is -0.377 e. The molecule has 0 fully saturated rings. The zero-order valence-electron chi connectivity index (χ0n) is 10.9. The number of carbonyl (C=O) groups is 1. The summed E-state index contributed by atoms with van der Waals surface area (Å²) in [5.74, 6) is -0.0632. The number of rotatable bonds is 1. The number of halogens is 3. The number of hydrogen-bond donors (Lipinski definition) is 1. The first-order valence-corrected chi connectivity index (χ1v) is 6.51. The lowest BCUT2D eigenvalue weighted by Crippen LogP contribution is -2.23. The Balaban J connectivity index is 1.95. The third-order valence-corrected chi connectivity index (χ3v) is 3.56. The standard InChI is InChI=1S/C16H12F3NO/c17-16(18,19)11-5-3-4-10(8-11)14-9-15(21)12-6-1-2-7-13(12)20-14/h1-8,14,20H,9H2/t14-/m1/s1. The molecule has 2 aromatic rings. The van der Waals surface area contributed by atoms with Gasteiger partial charge in [0.05, 0.1) is 11.6 Å². The highest BCUT2D eigenvalue weighted by Gasteiger charge is 2.32. The minimum atomic E-state index is -4.38. The van der Waals surface area contributed by atoms with Crippen LogP contribution in [-0.4, -0.2) is 5.78 Å². The second-order valence-corrected chi connectivity index (χ2v) is 4.99. The highest BCUT2D eigenvalue weighted by Crippen LogP contribution is 2.35. The van der Waals surface area contributed by atoms with E-state index in [0.717, 1.165) is 12.1 Å². The average molecular weight is 291 g/mol. The van der Waals surface area contributed by atoms with Gasteiger partial charge in [-0.1, -0.05) is 24.3 Å². The Morgan fingerprint density at radius 3 is 2.57 bits per heavy atom. The van der Waals surface area contributed by atoms with Crippen molar-refractivity contribution in [2.45, 2.75) is 18.6 Å². The molecule has 1 aliphatic heterocycles. The maximum atomic E-state index is 12.8. The van der Waals surface area contributed by atoms with Gasteiger partial charge in [-0.2, -0.15) is 13.2 Å². The van der Waals surface area contributed by atoms with Crippen LogP contribution in [0.25, 0.3) is 0 Å². The molecule has 0 bridgehead atoms. The molecule has 0 aromatic heterocycles. The second-order valence-electron chi connectivity index (χ2n) is 4.99. The lowest BCUT2D eigenvalue weighted by atomic mass is 9.92. The van der Waals surface area contributed by atoms with Crippen molar-refractivity contribution in [3.63, 3.8) is 0 Å². The lowest BCUT2D eigenvalue weighted by molar-refractivity contribution is -0.137. The average Bonchev–Trinajstić information content (AvgIpc) is 2.46. The third kappa shape index (κ3) is 2.63. The van der Waals surface area contributed by atoms with Gasteiger partial charge in [-0.3, -0.25) is 4.79 Å². The zero-order chi connectivity index (χ0) is 15.0. The number of fused-ring (bicyclic) bond motifs is 1. The van der Waals surface area contributed by atoms with Gasteiger partial charge in [0.2, 0.25) is 0 Å². The van der Waals surface area contributed by atoms with E-state index in [1.807, 2.05) is 0 Å². The Morgan fingerprint density at radius 1 is 1.05 bits per heavy atom. The van der Waals surface area contributed by atoms with Crippen LogP contribution in [0, 0.1) is 0 Å². The summed E-state index contributed by atoms with van der Waals surface area (Å²) in [7, 11) is 0. The van der Waals surface area contributed by atoms with Gasteiger partial charge in [-0.25, -0.2) is 0 Å². The summed E-state index contributed by atoms with van der Waals surface area (Å²) < 4.78 is 38.3. The van der Waals surface area contributed by atoms with Crippen LogP contribution < -0.4 is 5.32 Å². The largest absolute Gasteiger partial charge is 0.416 e. The first-order chi connectivity index (χ1) is 9.95. The molecule has 0 saturated heterocycles. The van der Waals surface area contributed by atoms with Crippen molar-refractivity contribution < 1.29 is 18.0 Å². The molecule has 1 aliphatic rings. The molecule has 5 heteroatoms. The molecule has 0 radical (unpaired) electrons. The smallest absolute Gasteiger partial charge is 0.377 e. The molecule has 3 rings (SSSR count). The predicted molar refractivity (Wildman–Crippen MR) is 73.2 cm³/mol. The van der Waals surface area contributed by atoms with Gasteiger partial charge in [0, 0.05) is 17.7 Å². The van der Waals surface area contributed by atoms with Gasteiger partial charge in [0.1, 0.15) is 0 Å². The van der Waals surface area contributed by atoms with Crippen molar-refractivity contribution in [3.05, 3.63) is 65.2 Å². The summed E-state index contributed by atoms with van der Waals surface area (Å²) >= 11 is 0. The van der Waals surface area contributed by atoms with Gasteiger partial charge in [-0.05, 0) is 29.8 Å². The Kier molecular flexibility index (Phi) is 3.20. The minimum absolute atomic E-state index is 0.0632. The maximum Gasteiger partial charge on any atom is 0.416 e. The van der Waals surface area contributed by atoms with Crippen molar-refractivity contribution >= 4 is 11.5 Å². The molecular formula is C16H12F3NO. The zero-order valence-corrected chi connectivity index (χ0v) is 10.9. The summed E-state index contributed by atoms with van der Waals surface area (Å²) in [6.07, 6.45) is -4.23. The number of anilines is 1. The van der Waals surface area contributed by atoms with E-state index < -0.39 is 17.8 Å². The van der Waals surface area contributed by atoms with Gasteiger partial charge >= 0.3 is 6.18 Å². The number of hydrogen-bond acceptors (Lipinski definition) is 2. The molecular weight excluding hydrogens is 279 g/mol. The summed E-state index contributed by atoms with van der Waals surface area (Å²) in [4.78, 5) is 12.1. The van der Waals surface area contributed by atoms with E-state index in [0.29, 0.717) is 16.8 Å². The molecule has 0 unspecified atom stereocenters. The van der Waals surface area contributed by atoms with Crippen LogP contribution in [0.15, 0.2) is 48.5 Å². The molecule has 1 atom stereocenters. The van der Waals surface area contributed by atoms with Gasteiger partial charge < -0.3 is 5.32 Å². The van der Waals surface area contributed by atoms with Crippen LogP contribution in [0.5, 0.6) is 0 Å². The molecule has 21 heavy (non-hydrogen) atoms. The monoisotopic (exact) mass is 291 g/mol. The summed E-state index contributed by atoms with van der Waals surface area (Å²) in [5, 5.41) is 3.13. The van der Waals surface area contributed by atoms with Crippen LogP contribution in [-0.2, 0) is 6.18 Å². The summed E-state index contributed by atoms with van der Waals surface area (Å²) in [6, 6.07) is 11.7. The highest BCUT2D eigenvalue weighted by molar-refractivity contribution is 6.03. The number of Topliss-reactive ketones (excluding diaryl/α,β-unsaturated/α-hetero) is 1. The lowest BCUT2D eigenvalue weighted by Gasteiger charge is -2.26. The van der Waals surface area contributed by atoms with E-state index >= 15 is 0 Å². The van der Waals surface area contributed by atoms with E-state index in [1.54, 1.807) is 30.3 Å². The van der Waals surface area contributed by atoms with E-state index in [-0.39, 0.29) is 12.2 Å². The fourth-order valence-electron chi connectivity index (χ4n) is 2.52. The van der Waals surface area contributed by atoms with E-state index in [4.69, 9.17) is 0 Å². The van der Waals surface area contributed by atoms with Gasteiger partial charge in [0.25, 0.3) is 0 Å². The topological polar surface area (TPSA) is 29.1 Å². The number of carbonyl (C=O) groups excluding carboxylic acids is 1. The normalized spacial score (nSPS) is 18.0. The Bertz CT molecular complexity index is 694. The van der Waals surface area contributed by atoms with Crippen molar-refractivity contribution in [2.24, 2.45) is 0 Å². The predicted octanol–water partition coefficient (Wildman–Crippen LogP) is 4.45. The van der Waals surface area contributed by atoms with Crippen LogP contribution in [0.2, 0.25) is 0 Å². The SMILES string of the molecule is O=C1C[C@H](c2cccc(C(F)(F)F)c2)Nc2ccccc21. The molecule has 0 saturated carbocycles. The molecule has 0 spiro atoms. The molecule has 2 nitrogen and oxygen atoms in total. The van der Waals surface area contributed by atoms with E-state index in [2.05, 4.69) is 5.32 Å². The van der Waals surface area contributed by atoms with Crippen molar-refractivity contribution in [1.29, 1.82) is 0 Å². The number of nitrogens with one attached hydrogen (secondary N) is 1. The van der Waals surface area contributed by atoms with Crippen molar-refractivity contribution in [3.8, 4) is 0 Å². The fourth-order valence-corrected chi connectivity index (χ4v) is 2.52. The Labute approximate surface area is 119 Å². The number of para-hydroxylation sites is 1. The number of benzene rings is 2. The number of alkyl halides is 3. The van der Waals surface area contributed by atoms with E-state index in [9.17, 15) is 18.0 Å². The Morgan fingerprint density at radius 2 is 1.81 bits per heavy atom. The Hall–Kier alpha value is -2.30. The third-order valence-electron chi connectivity index (χ3n) is 3.56. The molecule has 1 heterocycles. The van der Waals surface area contributed by atoms with E-state index in [1.165, 1.54) is 6.07 Å².